The highest BCUT2D eigenvalue weighted by Gasteiger charge is 2.52. The summed E-state index contributed by atoms with van der Waals surface area (Å²) >= 11 is 0. The van der Waals surface area contributed by atoms with Gasteiger partial charge in [-0.05, 0) is 94.5 Å². The van der Waals surface area contributed by atoms with Crippen LogP contribution in [0.15, 0.2) is 103 Å². The predicted molar refractivity (Wildman–Crippen MR) is 168 cm³/mol. The van der Waals surface area contributed by atoms with Gasteiger partial charge in [0.05, 0.1) is 11.2 Å². The van der Waals surface area contributed by atoms with Gasteiger partial charge in [-0.15, -0.1) is 0 Å². The third kappa shape index (κ3) is 3.65. The number of hydrogen-bond donors (Lipinski definition) is 0. The van der Waals surface area contributed by atoms with Crippen molar-refractivity contribution in [2.24, 2.45) is 0 Å². The number of fused-ring (bicyclic) bond motifs is 4. The molecule has 3 heteroatoms. The lowest BCUT2D eigenvalue weighted by molar-refractivity contribution is 0.00578. The number of rotatable bonds is 3. The van der Waals surface area contributed by atoms with Crippen LogP contribution < -0.4 is 5.46 Å². The van der Waals surface area contributed by atoms with Crippen LogP contribution >= 0.6 is 0 Å². The van der Waals surface area contributed by atoms with Crippen molar-refractivity contribution >= 4 is 23.4 Å². The lowest BCUT2D eigenvalue weighted by atomic mass is 9.75. The lowest BCUT2D eigenvalue weighted by Gasteiger charge is -2.32. The average molecular weight is 522 g/mol. The van der Waals surface area contributed by atoms with E-state index >= 15 is 0 Å². The summed E-state index contributed by atoms with van der Waals surface area (Å²) in [5.74, 6) is 0. The first kappa shape index (κ1) is 25.3. The van der Waals surface area contributed by atoms with Crippen molar-refractivity contribution in [3.8, 4) is 33.4 Å². The molecule has 0 amide bonds. The molecule has 2 aliphatic rings. The molecule has 1 aliphatic carbocycles. The smallest absolute Gasteiger partial charge is 0.399 e. The van der Waals surface area contributed by atoms with Gasteiger partial charge in [-0.2, -0.15) is 0 Å². The molecule has 5 aromatic rings. The molecule has 198 valence electrons. The van der Waals surface area contributed by atoms with Crippen LogP contribution in [0.25, 0.3) is 44.2 Å². The summed E-state index contributed by atoms with van der Waals surface area (Å²) in [4.78, 5) is 0. The fourth-order valence-electron chi connectivity index (χ4n) is 6.60. The highest BCUT2D eigenvalue weighted by Crippen LogP contribution is 2.52. The molecule has 7 rings (SSSR count). The van der Waals surface area contributed by atoms with Gasteiger partial charge in [0.25, 0.3) is 0 Å². The number of hydrogen-bond acceptors (Lipinski definition) is 2. The largest absolute Gasteiger partial charge is 0.495 e. The minimum Gasteiger partial charge on any atom is -0.399 e. The zero-order chi connectivity index (χ0) is 27.9. The summed E-state index contributed by atoms with van der Waals surface area (Å²) in [7, 11) is -0.398. The average Bonchev–Trinajstić information content (AvgIpc) is 3.32. The zero-order valence-electron chi connectivity index (χ0n) is 24.2. The Morgan fingerprint density at radius 1 is 0.500 bits per heavy atom. The molecule has 0 unspecified atom stereocenters. The van der Waals surface area contributed by atoms with Crippen molar-refractivity contribution in [3.05, 3.63) is 114 Å². The first-order chi connectivity index (χ1) is 19.1. The molecular formula is C37H35BO2. The molecule has 1 aliphatic heterocycles. The fraction of sp³-hybridized carbons (Fsp3) is 0.243. The van der Waals surface area contributed by atoms with Crippen LogP contribution in [0.5, 0.6) is 0 Å². The van der Waals surface area contributed by atoms with Crippen molar-refractivity contribution in [1.29, 1.82) is 0 Å². The van der Waals surface area contributed by atoms with Crippen LogP contribution in [0.2, 0.25) is 0 Å². The Kier molecular flexibility index (Phi) is 5.49. The fourth-order valence-corrected chi connectivity index (χ4v) is 6.60. The molecule has 40 heavy (non-hydrogen) atoms. The van der Waals surface area contributed by atoms with Crippen molar-refractivity contribution in [2.45, 2.75) is 58.2 Å². The third-order valence-corrected chi connectivity index (χ3v) is 9.56. The van der Waals surface area contributed by atoms with Gasteiger partial charge in [0.1, 0.15) is 0 Å². The summed E-state index contributed by atoms with van der Waals surface area (Å²) in [6.07, 6.45) is 0. The van der Waals surface area contributed by atoms with Crippen molar-refractivity contribution in [1.82, 2.24) is 0 Å². The molecule has 1 fully saturated rings. The Labute approximate surface area is 238 Å². The van der Waals surface area contributed by atoms with E-state index < -0.39 is 7.12 Å². The van der Waals surface area contributed by atoms with Gasteiger partial charge in [-0.3, -0.25) is 0 Å². The van der Waals surface area contributed by atoms with Crippen molar-refractivity contribution < 1.29 is 9.31 Å². The quantitative estimate of drug-likeness (QED) is 0.221. The van der Waals surface area contributed by atoms with E-state index in [1.54, 1.807) is 0 Å². The van der Waals surface area contributed by atoms with E-state index in [-0.39, 0.29) is 16.6 Å². The Bertz CT molecular complexity index is 1780. The predicted octanol–water partition coefficient (Wildman–Crippen LogP) is 8.78. The molecular weight excluding hydrogens is 487 g/mol. The topological polar surface area (TPSA) is 18.5 Å². The second kappa shape index (κ2) is 8.67. The van der Waals surface area contributed by atoms with E-state index in [4.69, 9.17) is 9.31 Å². The second-order valence-corrected chi connectivity index (χ2v) is 12.8. The molecule has 0 radical (unpaired) electrons. The maximum Gasteiger partial charge on any atom is 0.495 e. The van der Waals surface area contributed by atoms with E-state index in [1.807, 2.05) is 0 Å². The molecule has 0 N–H and O–H groups in total. The van der Waals surface area contributed by atoms with E-state index in [1.165, 1.54) is 55.3 Å². The van der Waals surface area contributed by atoms with E-state index in [0.717, 1.165) is 5.46 Å². The molecule has 0 spiro atoms. The van der Waals surface area contributed by atoms with Gasteiger partial charge in [0, 0.05) is 5.41 Å². The van der Waals surface area contributed by atoms with Gasteiger partial charge in [0.15, 0.2) is 0 Å². The van der Waals surface area contributed by atoms with Gasteiger partial charge in [-0.1, -0.05) is 111 Å². The van der Waals surface area contributed by atoms with Crippen LogP contribution in [0.3, 0.4) is 0 Å². The van der Waals surface area contributed by atoms with E-state index in [0.29, 0.717) is 0 Å². The molecule has 0 bridgehead atoms. The van der Waals surface area contributed by atoms with Gasteiger partial charge >= 0.3 is 7.12 Å². The summed E-state index contributed by atoms with van der Waals surface area (Å²) in [5, 5.41) is 2.37. The van der Waals surface area contributed by atoms with Crippen LogP contribution in [-0.4, -0.2) is 18.3 Å². The van der Waals surface area contributed by atoms with Crippen LogP contribution in [0.1, 0.15) is 52.7 Å². The monoisotopic (exact) mass is 522 g/mol. The first-order valence-electron chi connectivity index (χ1n) is 14.3. The van der Waals surface area contributed by atoms with Gasteiger partial charge < -0.3 is 9.31 Å². The minimum atomic E-state index is -0.398. The maximum atomic E-state index is 6.45. The Hall–Kier alpha value is -3.66. The molecule has 1 heterocycles. The highest BCUT2D eigenvalue weighted by molar-refractivity contribution is 6.65. The van der Waals surface area contributed by atoms with Gasteiger partial charge in [-0.25, -0.2) is 0 Å². The molecule has 1 saturated heterocycles. The summed E-state index contributed by atoms with van der Waals surface area (Å²) in [6.45, 7) is 13.1. The summed E-state index contributed by atoms with van der Waals surface area (Å²) < 4.78 is 12.9. The molecule has 2 nitrogen and oxygen atoms in total. The van der Waals surface area contributed by atoms with Crippen molar-refractivity contribution in [3.63, 3.8) is 0 Å². The van der Waals surface area contributed by atoms with Crippen molar-refractivity contribution in [2.75, 3.05) is 0 Å². The minimum absolute atomic E-state index is 0.0148. The normalized spacial score (nSPS) is 18.1. The highest BCUT2D eigenvalue weighted by atomic mass is 16.7. The summed E-state index contributed by atoms with van der Waals surface area (Å²) in [5.41, 5.74) is 10.8. The Balaban J connectivity index is 1.35. The van der Waals surface area contributed by atoms with Crippen LogP contribution in [0, 0.1) is 0 Å². The molecule has 0 saturated carbocycles. The number of benzene rings is 5. The second-order valence-electron chi connectivity index (χ2n) is 12.8. The molecule has 0 atom stereocenters. The molecule has 0 aromatic heterocycles. The SMILES string of the molecule is CC1(C)c2ccccc2-c2c(-c3cccc(-c4ccc(B5OC(C)(C)C(C)(C)O5)c5ccccc45)c3)cccc21. The zero-order valence-corrected chi connectivity index (χ0v) is 24.2. The lowest BCUT2D eigenvalue weighted by Crippen LogP contribution is -2.41. The van der Waals surface area contributed by atoms with E-state index in [9.17, 15) is 0 Å². The standard InChI is InChI=1S/C37H35BO2/c1-35(2)31-19-10-9-17-30(31)34-27(18-12-20-32(34)35)25-14-11-13-24(23-25)26-21-22-33(29-16-8-7-15-28(26)29)38-39-36(3,4)37(5,6)40-38/h7-23H,1-6H3. The van der Waals surface area contributed by atoms with Gasteiger partial charge in [0.2, 0.25) is 0 Å². The Morgan fingerprint density at radius 2 is 1.07 bits per heavy atom. The van der Waals surface area contributed by atoms with Crippen LogP contribution in [0.4, 0.5) is 0 Å². The van der Waals surface area contributed by atoms with E-state index in [2.05, 4.69) is 145 Å². The summed E-state index contributed by atoms with van der Waals surface area (Å²) in [6, 6.07) is 37.7. The third-order valence-electron chi connectivity index (χ3n) is 9.56. The maximum absolute atomic E-state index is 6.45. The Morgan fingerprint density at radius 3 is 1.82 bits per heavy atom. The first-order valence-corrected chi connectivity index (χ1v) is 14.3. The van der Waals surface area contributed by atoms with Crippen LogP contribution in [-0.2, 0) is 14.7 Å². The molecule has 5 aromatic carbocycles.